The van der Waals surface area contributed by atoms with E-state index >= 15 is 0 Å². The summed E-state index contributed by atoms with van der Waals surface area (Å²) in [4.78, 5) is 48.0. The fraction of sp³-hybridized carbons (Fsp3) is 0.692. The van der Waals surface area contributed by atoms with E-state index in [2.05, 4.69) is 10.6 Å². The van der Waals surface area contributed by atoms with Crippen LogP contribution < -0.4 is 10.6 Å². The molecule has 2 aliphatic heterocycles. The van der Waals surface area contributed by atoms with Crippen molar-refractivity contribution in [3.05, 3.63) is 0 Å². The lowest BCUT2D eigenvalue weighted by Gasteiger charge is -2.49. The van der Waals surface area contributed by atoms with Gasteiger partial charge in [0.05, 0.1) is 0 Å². The molecule has 6 nitrogen and oxygen atoms in total. The first kappa shape index (κ1) is 13.7. The second kappa shape index (κ2) is 4.75. The lowest BCUT2D eigenvalue weighted by Crippen LogP contribution is -2.70. The van der Waals surface area contributed by atoms with E-state index in [1.165, 1.54) is 0 Å². The topological polar surface area (TPSA) is 92.3 Å². The summed E-state index contributed by atoms with van der Waals surface area (Å²) in [6, 6.07) is 0. The fourth-order valence-electron chi connectivity index (χ4n) is 3.61. The molecular weight excluding hydrogens is 248 g/mol. The van der Waals surface area contributed by atoms with Crippen molar-refractivity contribution in [3.63, 3.8) is 0 Å². The van der Waals surface area contributed by atoms with E-state index in [0.717, 1.165) is 0 Å². The standard InChI is InChI=1S/C13H18N2O4/c1-3-5-13(6-4-2)7-9(16)14-11(18)8(13)12(19)15-10(7)17/h7-8H,3-6H2,1-2H3,(H,14,16,18)(H,15,17,19). The number of carbonyl (C=O) groups excluding carboxylic acids is 4. The monoisotopic (exact) mass is 266 g/mol. The average molecular weight is 266 g/mol. The highest BCUT2D eigenvalue weighted by atomic mass is 16.2. The Balaban J connectivity index is 2.56. The number of rotatable bonds is 4. The quantitative estimate of drug-likeness (QED) is 0.558. The third-order valence-electron chi connectivity index (χ3n) is 4.12. The first-order valence-corrected chi connectivity index (χ1v) is 6.67. The molecule has 0 aromatic rings. The average Bonchev–Trinajstić information content (AvgIpc) is 2.27. The molecule has 0 atom stereocenters. The Hall–Kier alpha value is -1.72. The minimum atomic E-state index is -0.937. The Morgan fingerprint density at radius 3 is 1.37 bits per heavy atom. The van der Waals surface area contributed by atoms with Crippen molar-refractivity contribution in [2.45, 2.75) is 39.5 Å². The molecule has 0 aromatic heterocycles. The van der Waals surface area contributed by atoms with Crippen LogP contribution in [0.2, 0.25) is 0 Å². The molecule has 0 radical (unpaired) electrons. The predicted molar refractivity (Wildman–Crippen MR) is 65.5 cm³/mol. The van der Waals surface area contributed by atoms with Gasteiger partial charge in [-0.2, -0.15) is 0 Å². The lowest BCUT2D eigenvalue weighted by atomic mass is 9.57. The largest absolute Gasteiger partial charge is 0.295 e. The predicted octanol–water partition coefficient (Wildman–Crippen LogP) is 0.118. The summed E-state index contributed by atoms with van der Waals surface area (Å²) in [6.07, 6.45) is 2.48. The number of hydrogen-bond acceptors (Lipinski definition) is 4. The fourth-order valence-corrected chi connectivity index (χ4v) is 3.61. The summed E-state index contributed by atoms with van der Waals surface area (Å²) in [6.45, 7) is 3.85. The van der Waals surface area contributed by atoms with E-state index in [0.29, 0.717) is 25.7 Å². The van der Waals surface area contributed by atoms with Crippen LogP contribution in [-0.4, -0.2) is 23.6 Å². The maximum absolute atomic E-state index is 12.0. The van der Waals surface area contributed by atoms with Gasteiger partial charge in [0.15, 0.2) is 0 Å². The minimum absolute atomic E-state index is 0.522. The van der Waals surface area contributed by atoms with Crippen molar-refractivity contribution in [1.29, 1.82) is 0 Å². The third-order valence-corrected chi connectivity index (χ3v) is 4.12. The molecule has 2 N–H and O–H groups in total. The lowest BCUT2D eigenvalue weighted by molar-refractivity contribution is -0.168. The highest BCUT2D eigenvalue weighted by Crippen LogP contribution is 2.49. The normalized spacial score (nSPS) is 28.9. The van der Waals surface area contributed by atoms with Gasteiger partial charge in [-0.05, 0) is 12.8 Å². The van der Waals surface area contributed by atoms with Gasteiger partial charge >= 0.3 is 0 Å². The molecule has 2 heterocycles. The SMILES string of the molecule is CCCC1(CCC)C2C(=O)NC(=O)C1C(=O)NC2=O. The zero-order valence-electron chi connectivity index (χ0n) is 11.1. The first-order chi connectivity index (χ1) is 8.97. The smallest absolute Gasteiger partial charge is 0.239 e. The van der Waals surface area contributed by atoms with Crippen LogP contribution in [0.1, 0.15) is 39.5 Å². The molecular formula is C13H18N2O4. The molecule has 0 unspecified atom stereocenters. The van der Waals surface area contributed by atoms with Crippen molar-refractivity contribution < 1.29 is 19.2 Å². The summed E-state index contributed by atoms with van der Waals surface area (Å²) in [7, 11) is 0. The second-order valence-corrected chi connectivity index (χ2v) is 5.31. The van der Waals surface area contributed by atoms with E-state index < -0.39 is 40.9 Å². The number of carbonyl (C=O) groups is 4. The third kappa shape index (κ3) is 1.86. The maximum Gasteiger partial charge on any atom is 0.239 e. The van der Waals surface area contributed by atoms with Gasteiger partial charge in [0.1, 0.15) is 11.8 Å². The van der Waals surface area contributed by atoms with Crippen molar-refractivity contribution in [2.24, 2.45) is 17.3 Å². The molecule has 2 bridgehead atoms. The summed E-state index contributed by atoms with van der Waals surface area (Å²) < 4.78 is 0. The highest BCUT2D eigenvalue weighted by molar-refractivity contribution is 6.22. The Kier molecular flexibility index (Phi) is 3.43. The summed E-state index contributed by atoms with van der Waals surface area (Å²) in [5.74, 6) is -4.18. The minimum Gasteiger partial charge on any atom is -0.295 e. The molecule has 2 saturated heterocycles. The van der Waals surface area contributed by atoms with Crippen molar-refractivity contribution in [2.75, 3.05) is 0 Å². The van der Waals surface area contributed by atoms with E-state index in [9.17, 15) is 19.2 Å². The van der Waals surface area contributed by atoms with Crippen LogP contribution in [0.15, 0.2) is 0 Å². The number of piperidine rings is 2. The number of imide groups is 2. The molecule has 2 fully saturated rings. The molecule has 19 heavy (non-hydrogen) atoms. The Morgan fingerprint density at radius 2 is 1.11 bits per heavy atom. The van der Waals surface area contributed by atoms with Gasteiger partial charge in [-0.3, -0.25) is 29.8 Å². The Labute approximate surface area is 111 Å². The van der Waals surface area contributed by atoms with Crippen LogP contribution >= 0.6 is 0 Å². The van der Waals surface area contributed by atoms with Crippen LogP contribution in [0.5, 0.6) is 0 Å². The van der Waals surface area contributed by atoms with Gasteiger partial charge in [-0.1, -0.05) is 26.7 Å². The van der Waals surface area contributed by atoms with Gasteiger partial charge in [0, 0.05) is 5.41 Å². The number of fused-ring (bicyclic) bond motifs is 2. The molecule has 0 saturated carbocycles. The van der Waals surface area contributed by atoms with Crippen LogP contribution in [-0.2, 0) is 19.2 Å². The molecule has 2 aliphatic rings. The van der Waals surface area contributed by atoms with Crippen molar-refractivity contribution >= 4 is 23.6 Å². The van der Waals surface area contributed by atoms with E-state index in [1.54, 1.807) is 0 Å². The zero-order valence-corrected chi connectivity index (χ0v) is 11.1. The molecule has 0 aliphatic carbocycles. The molecule has 104 valence electrons. The second-order valence-electron chi connectivity index (χ2n) is 5.31. The van der Waals surface area contributed by atoms with E-state index in [-0.39, 0.29) is 0 Å². The molecule has 6 heteroatoms. The molecule has 4 amide bonds. The van der Waals surface area contributed by atoms with Crippen molar-refractivity contribution in [1.82, 2.24) is 10.6 Å². The van der Waals surface area contributed by atoms with E-state index in [1.807, 2.05) is 13.8 Å². The summed E-state index contributed by atoms with van der Waals surface area (Å²) >= 11 is 0. The summed E-state index contributed by atoms with van der Waals surface area (Å²) in [5.41, 5.74) is -0.845. The Morgan fingerprint density at radius 1 is 0.789 bits per heavy atom. The highest BCUT2D eigenvalue weighted by Gasteiger charge is 2.63. The first-order valence-electron chi connectivity index (χ1n) is 6.67. The number of hydrogen-bond donors (Lipinski definition) is 2. The number of amides is 4. The van der Waals surface area contributed by atoms with Crippen LogP contribution in [0.3, 0.4) is 0 Å². The van der Waals surface area contributed by atoms with Crippen LogP contribution in [0.4, 0.5) is 0 Å². The van der Waals surface area contributed by atoms with Crippen LogP contribution in [0, 0.1) is 17.3 Å². The Bertz CT molecular complexity index is 388. The molecule has 0 aromatic carbocycles. The van der Waals surface area contributed by atoms with Gasteiger partial charge in [-0.15, -0.1) is 0 Å². The van der Waals surface area contributed by atoms with Gasteiger partial charge in [-0.25, -0.2) is 0 Å². The summed E-state index contributed by atoms with van der Waals surface area (Å²) in [5, 5.41) is 4.31. The van der Waals surface area contributed by atoms with Gasteiger partial charge in [0.2, 0.25) is 23.6 Å². The number of nitrogens with one attached hydrogen (secondary N) is 2. The van der Waals surface area contributed by atoms with Gasteiger partial charge < -0.3 is 0 Å². The molecule has 0 spiro atoms. The van der Waals surface area contributed by atoms with Crippen molar-refractivity contribution in [3.8, 4) is 0 Å². The van der Waals surface area contributed by atoms with Crippen LogP contribution in [0.25, 0.3) is 0 Å². The van der Waals surface area contributed by atoms with E-state index in [4.69, 9.17) is 0 Å². The molecule has 2 rings (SSSR count). The zero-order chi connectivity index (χ0) is 14.2. The van der Waals surface area contributed by atoms with Gasteiger partial charge in [0.25, 0.3) is 0 Å². The maximum atomic E-state index is 12.0.